The maximum absolute atomic E-state index is 11.9. The number of rotatable bonds is 3. The summed E-state index contributed by atoms with van der Waals surface area (Å²) in [5, 5.41) is 1.59. The van der Waals surface area contributed by atoms with Gasteiger partial charge in [0.1, 0.15) is 0 Å². The minimum atomic E-state index is -5.63. The molecular formula is C6H6BrF6NO. The maximum Gasteiger partial charge on any atom is 0.409 e. The normalized spacial score (nSPS) is 13.1. The second-order valence-corrected chi connectivity index (χ2v) is 3.29. The molecule has 0 saturated heterocycles. The fraction of sp³-hybridized carbons (Fsp3) is 0.833. The van der Waals surface area contributed by atoms with Crippen LogP contribution in [0.4, 0.5) is 26.3 Å². The van der Waals surface area contributed by atoms with Crippen molar-refractivity contribution in [2.75, 3.05) is 11.9 Å². The van der Waals surface area contributed by atoms with E-state index in [0.29, 0.717) is 0 Å². The fourth-order valence-corrected chi connectivity index (χ4v) is 0.954. The quantitative estimate of drug-likeness (QED) is 0.629. The summed E-state index contributed by atoms with van der Waals surface area (Å²) >= 11 is 2.75. The van der Waals surface area contributed by atoms with Gasteiger partial charge in [-0.1, -0.05) is 15.9 Å². The summed E-state index contributed by atoms with van der Waals surface area (Å²) in [4.78, 5) is 10.6. The number of nitrogens with one attached hydrogen (secondary N) is 1. The first-order valence-corrected chi connectivity index (χ1v) is 4.70. The van der Waals surface area contributed by atoms with Crippen LogP contribution in [0.25, 0.3) is 0 Å². The van der Waals surface area contributed by atoms with Crippen molar-refractivity contribution < 1.29 is 31.1 Å². The van der Waals surface area contributed by atoms with Crippen LogP contribution < -0.4 is 5.32 Å². The van der Waals surface area contributed by atoms with E-state index in [9.17, 15) is 31.1 Å². The van der Waals surface area contributed by atoms with Gasteiger partial charge in [0, 0.05) is 11.9 Å². The van der Waals surface area contributed by atoms with Crippen molar-refractivity contribution in [1.29, 1.82) is 0 Å². The lowest BCUT2D eigenvalue weighted by molar-refractivity contribution is -0.274. The van der Waals surface area contributed by atoms with Gasteiger partial charge >= 0.3 is 12.4 Å². The van der Waals surface area contributed by atoms with Crippen molar-refractivity contribution in [2.24, 2.45) is 5.92 Å². The van der Waals surface area contributed by atoms with E-state index in [1.165, 1.54) is 5.32 Å². The molecule has 0 aromatic heterocycles. The molecule has 2 nitrogen and oxygen atoms in total. The molecule has 0 saturated carbocycles. The highest BCUT2D eigenvalue weighted by molar-refractivity contribution is 9.09. The Labute approximate surface area is 89.1 Å². The van der Waals surface area contributed by atoms with Crippen LogP contribution in [-0.4, -0.2) is 30.1 Å². The molecule has 0 spiro atoms. The van der Waals surface area contributed by atoms with Crippen LogP contribution in [0.2, 0.25) is 0 Å². The molecule has 0 unspecified atom stereocenters. The van der Waals surface area contributed by atoms with Crippen molar-refractivity contribution in [3.05, 3.63) is 0 Å². The van der Waals surface area contributed by atoms with Crippen LogP contribution in [0.3, 0.4) is 0 Å². The van der Waals surface area contributed by atoms with Gasteiger partial charge in [-0.15, -0.1) is 0 Å². The highest BCUT2D eigenvalue weighted by Gasteiger charge is 2.60. The SMILES string of the molecule is O=C(NCCBr)C(C(F)(F)F)C(F)(F)F. The topological polar surface area (TPSA) is 29.1 Å². The Morgan fingerprint density at radius 1 is 1.13 bits per heavy atom. The Balaban J connectivity index is 4.74. The molecule has 0 radical (unpaired) electrons. The van der Waals surface area contributed by atoms with E-state index in [1.807, 2.05) is 0 Å². The third-order valence-corrected chi connectivity index (χ3v) is 1.71. The van der Waals surface area contributed by atoms with Crippen LogP contribution in [-0.2, 0) is 4.79 Å². The van der Waals surface area contributed by atoms with Gasteiger partial charge < -0.3 is 5.32 Å². The lowest BCUT2D eigenvalue weighted by Gasteiger charge is -2.21. The summed E-state index contributed by atoms with van der Waals surface area (Å²) in [6.07, 6.45) is -11.3. The molecule has 0 aliphatic heterocycles. The first-order valence-electron chi connectivity index (χ1n) is 3.57. The summed E-state index contributed by atoms with van der Waals surface area (Å²) in [6.45, 7) is -0.304. The Morgan fingerprint density at radius 3 is 1.80 bits per heavy atom. The zero-order valence-electron chi connectivity index (χ0n) is 7.05. The maximum atomic E-state index is 11.9. The summed E-state index contributed by atoms with van der Waals surface area (Å²) in [7, 11) is 0. The van der Waals surface area contributed by atoms with E-state index in [2.05, 4.69) is 15.9 Å². The smallest absolute Gasteiger partial charge is 0.354 e. The molecule has 0 aliphatic rings. The zero-order chi connectivity index (χ0) is 12.3. The zero-order valence-corrected chi connectivity index (χ0v) is 8.63. The Morgan fingerprint density at radius 2 is 1.53 bits per heavy atom. The van der Waals surface area contributed by atoms with E-state index < -0.39 is 24.2 Å². The fourth-order valence-electron chi connectivity index (χ4n) is 0.755. The number of hydrogen-bond acceptors (Lipinski definition) is 1. The molecular weight excluding hydrogens is 296 g/mol. The molecule has 0 rings (SSSR count). The van der Waals surface area contributed by atoms with Gasteiger partial charge in [-0.2, -0.15) is 26.3 Å². The third-order valence-electron chi connectivity index (χ3n) is 1.31. The van der Waals surface area contributed by atoms with E-state index >= 15 is 0 Å². The molecule has 1 N–H and O–H groups in total. The number of carbonyl (C=O) groups excluding carboxylic acids is 1. The van der Waals surface area contributed by atoms with Crippen molar-refractivity contribution in [2.45, 2.75) is 12.4 Å². The van der Waals surface area contributed by atoms with Crippen LogP contribution in [0.15, 0.2) is 0 Å². The highest BCUT2D eigenvalue weighted by Crippen LogP contribution is 2.39. The average molecular weight is 302 g/mol. The van der Waals surface area contributed by atoms with Gasteiger partial charge in [0.2, 0.25) is 11.8 Å². The van der Waals surface area contributed by atoms with Crippen molar-refractivity contribution in [3.8, 4) is 0 Å². The van der Waals surface area contributed by atoms with Gasteiger partial charge in [-0.3, -0.25) is 4.79 Å². The number of halogens is 7. The second-order valence-electron chi connectivity index (χ2n) is 2.50. The van der Waals surface area contributed by atoms with Crippen LogP contribution in [0, 0.1) is 5.92 Å². The second kappa shape index (κ2) is 5.04. The summed E-state index contributed by atoms with van der Waals surface area (Å²) in [5.74, 6) is -6.06. The van der Waals surface area contributed by atoms with Gasteiger partial charge in [0.25, 0.3) is 0 Å². The van der Waals surface area contributed by atoms with E-state index in [1.54, 1.807) is 0 Å². The molecule has 0 aromatic carbocycles. The highest BCUT2D eigenvalue weighted by atomic mass is 79.9. The summed E-state index contributed by atoms with van der Waals surface area (Å²) < 4.78 is 71.4. The number of hydrogen-bond donors (Lipinski definition) is 1. The Bertz CT molecular complexity index is 211. The molecule has 0 aromatic rings. The standard InChI is InChI=1S/C6H6BrF6NO/c7-1-2-14-4(15)3(5(8,9)10)6(11,12)13/h3H,1-2H2,(H,14,15). The summed E-state index contributed by atoms with van der Waals surface area (Å²) in [6, 6.07) is 0. The lowest BCUT2D eigenvalue weighted by Crippen LogP contribution is -2.48. The molecule has 1 amide bonds. The van der Waals surface area contributed by atoms with Crippen LogP contribution in [0.1, 0.15) is 0 Å². The van der Waals surface area contributed by atoms with Crippen LogP contribution in [0.5, 0.6) is 0 Å². The van der Waals surface area contributed by atoms with Gasteiger partial charge in [-0.25, -0.2) is 0 Å². The lowest BCUT2D eigenvalue weighted by atomic mass is 10.1. The number of alkyl halides is 7. The molecule has 0 aliphatic carbocycles. The van der Waals surface area contributed by atoms with Gasteiger partial charge in [0.15, 0.2) is 0 Å². The molecule has 90 valence electrons. The predicted molar refractivity (Wildman–Crippen MR) is 42.4 cm³/mol. The monoisotopic (exact) mass is 301 g/mol. The van der Waals surface area contributed by atoms with Crippen molar-refractivity contribution in [3.63, 3.8) is 0 Å². The molecule has 0 atom stereocenters. The predicted octanol–water partition coefficient (Wildman–Crippen LogP) is 2.24. The summed E-state index contributed by atoms with van der Waals surface area (Å²) in [5.41, 5.74) is 0. The first-order chi connectivity index (χ1) is 6.60. The molecule has 9 heteroatoms. The molecule has 15 heavy (non-hydrogen) atoms. The van der Waals surface area contributed by atoms with Crippen molar-refractivity contribution in [1.82, 2.24) is 5.32 Å². The largest absolute Gasteiger partial charge is 0.409 e. The van der Waals surface area contributed by atoms with E-state index in [-0.39, 0.29) is 11.9 Å². The Hall–Kier alpha value is -0.470. The number of amides is 1. The minimum absolute atomic E-state index is 0.0706. The van der Waals surface area contributed by atoms with Crippen LogP contribution >= 0.6 is 15.9 Å². The minimum Gasteiger partial charge on any atom is -0.354 e. The average Bonchev–Trinajstić information content (AvgIpc) is 1.94. The van der Waals surface area contributed by atoms with Crippen molar-refractivity contribution >= 4 is 21.8 Å². The van der Waals surface area contributed by atoms with Gasteiger partial charge in [-0.05, 0) is 0 Å². The molecule has 0 heterocycles. The number of carbonyl (C=O) groups is 1. The van der Waals surface area contributed by atoms with E-state index in [0.717, 1.165) is 0 Å². The Kier molecular flexibility index (Phi) is 4.88. The molecule has 0 fully saturated rings. The third kappa shape index (κ3) is 4.72. The first kappa shape index (κ1) is 14.5. The molecule has 0 bridgehead atoms. The van der Waals surface area contributed by atoms with Gasteiger partial charge in [0.05, 0.1) is 0 Å². The van der Waals surface area contributed by atoms with E-state index in [4.69, 9.17) is 0 Å².